The van der Waals surface area contributed by atoms with E-state index in [-0.39, 0.29) is 0 Å². The summed E-state index contributed by atoms with van der Waals surface area (Å²) in [5, 5.41) is 20.2. The molecule has 0 unspecified atom stereocenters. The molecule has 0 fully saturated rings. The van der Waals surface area contributed by atoms with Crippen molar-refractivity contribution in [3.63, 3.8) is 0 Å². The number of fused-ring (bicyclic) bond motifs is 3. The summed E-state index contributed by atoms with van der Waals surface area (Å²) in [5.41, 5.74) is 0.626. The summed E-state index contributed by atoms with van der Waals surface area (Å²) >= 11 is 0. The Kier molecular flexibility index (Phi) is 1.13. The molecule has 3 aromatic rings. The van der Waals surface area contributed by atoms with Gasteiger partial charge in [0.2, 0.25) is 22.9 Å². The minimum atomic E-state index is 0.313. The topological polar surface area (TPSA) is 128 Å². The fraction of sp³-hybridized carbons (Fsp3) is 0. The maximum atomic E-state index is 4.55. The number of rotatable bonds is 0. The van der Waals surface area contributed by atoms with Crippen molar-refractivity contribution in [3.8, 4) is 0 Å². The van der Waals surface area contributed by atoms with Crippen molar-refractivity contribution in [1.29, 1.82) is 0 Å². The van der Waals surface area contributed by atoms with E-state index in [0.717, 1.165) is 0 Å². The SMILES string of the molecule is n1onc2c1Nc1nc3nonc3nc1N2. The van der Waals surface area contributed by atoms with Crippen molar-refractivity contribution in [2.24, 2.45) is 0 Å². The zero-order valence-electron chi connectivity index (χ0n) is 7.50. The van der Waals surface area contributed by atoms with Crippen LogP contribution in [0.25, 0.3) is 11.3 Å². The molecule has 0 aliphatic carbocycles. The second kappa shape index (κ2) is 2.42. The van der Waals surface area contributed by atoms with Gasteiger partial charge in [0.1, 0.15) is 0 Å². The van der Waals surface area contributed by atoms with E-state index in [9.17, 15) is 0 Å². The zero-order valence-corrected chi connectivity index (χ0v) is 7.50. The Labute approximate surface area is 86.0 Å². The second-order valence-corrected chi connectivity index (χ2v) is 3.04. The Hall–Kier alpha value is -2.78. The van der Waals surface area contributed by atoms with Crippen LogP contribution in [0.1, 0.15) is 0 Å². The van der Waals surface area contributed by atoms with Crippen molar-refractivity contribution in [1.82, 2.24) is 30.6 Å². The van der Waals surface area contributed by atoms with Crippen molar-refractivity contribution in [2.75, 3.05) is 10.6 Å². The highest BCUT2D eigenvalue weighted by Crippen LogP contribution is 2.33. The average molecular weight is 218 g/mol. The first-order valence-electron chi connectivity index (χ1n) is 4.27. The maximum Gasteiger partial charge on any atom is 0.245 e. The van der Waals surface area contributed by atoms with Gasteiger partial charge in [-0.3, -0.25) is 0 Å². The molecule has 1 aliphatic rings. The molecule has 0 spiro atoms. The van der Waals surface area contributed by atoms with Gasteiger partial charge in [0.05, 0.1) is 0 Å². The van der Waals surface area contributed by atoms with E-state index in [1.165, 1.54) is 0 Å². The molecule has 16 heavy (non-hydrogen) atoms. The van der Waals surface area contributed by atoms with Gasteiger partial charge in [0, 0.05) is 0 Å². The summed E-state index contributed by atoms with van der Waals surface area (Å²) in [6.45, 7) is 0. The van der Waals surface area contributed by atoms with Crippen molar-refractivity contribution in [3.05, 3.63) is 0 Å². The fourth-order valence-corrected chi connectivity index (χ4v) is 1.39. The smallest absolute Gasteiger partial charge is 0.245 e. The van der Waals surface area contributed by atoms with E-state index in [2.05, 4.69) is 50.5 Å². The molecule has 10 nitrogen and oxygen atoms in total. The van der Waals surface area contributed by atoms with Gasteiger partial charge in [0.25, 0.3) is 0 Å². The van der Waals surface area contributed by atoms with Crippen molar-refractivity contribution in [2.45, 2.75) is 0 Å². The Morgan fingerprint density at radius 3 is 1.69 bits per heavy atom. The van der Waals surface area contributed by atoms with Crippen LogP contribution < -0.4 is 10.6 Å². The third-order valence-electron chi connectivity index (χ3n) is 2.08. The minimum Gasteiger partial charge on any atom is -0.316 e. The lowest BCUT2D eigenvalue weighted by Crippen LogP contribution is -2.09. The molecule has 0 saturated carbocycles. The maximum absolute atomic E-state index is 4.55. The van der Waals surface area contributed by atoms with E-state index in [4.69, 9.17) is 0 Å². The Bertz CT molecular complexity index is 632. The van der Waals surface area contributed by atoms with Gasteiger partial charge in [-0.1, -0.05) is 0 Å². The molecule has 4 rings (SSSR count). The van der Waals surface area contributed by atoms with Crippen LogP contribution in [0.3, 0.4) is 0 Å². The molecule has 3 aromatic heterocycles. The molecule has 10 heteroatoms. The predicted octanol–water partition coefficient (Wildman–Crippen LogP) is 0.196. The first kappa shape index (κ1) is 7.50. The van der Waals surface area contributed by atoms with Gasteiger partial charge in [-0.2, -0.15) is 0 Å². The van der Waals surface area contributed by atoms with Gasteiger partial charge in [0.15, 0.2) is 11.6 Å². The van der Waals surface area contributed by atoms with E-state index in [1.54, 1.807) is 0 Å². The van der Waals surface area contributed by atoms with Crippen LogP contribution in [-0.2, 0) is 0 Å². The number of hydrogen-bond acceptors (Lipinski definition) is 10. The van der Waals surface area contributed by atoms with Crippen LogP contribution in [0.15, 0.2) is 9.26 Å². The lowest BCUT2D eigenvalue weighted by atomic mass is 10.4. The summed E-state index contributed by atoms with van der Waals surface area (Å²) in [7, 11) is 0. The number of nitrogens with one attached hydrogen (secondary N) is 2. The highest BCUT2D eigenvalue weighted by atomic mass is 16.6. The molecule has 0 radical (unpaired) electrons. The Morgan fingerprint density at radius 2 is 1.12 bits per heavy atom. The lowest BCUT2D eigenvalue weighted by molar-refractivity contribution is 0.310. The molecule has 1 aliphatic heterocycles. The fourth-order valence-electron chi connectivity index (χ4n) is 1.39. The second-order valence-electron chi connectivity index (χ2n) is 3.04. The molecule has 2 N–H and O–H groups in total. The van der Waals surface area contributed by atoms with Gasteiger partial charge < -0.3 is 10.6 Å². The largest absolute Gasteiger partial charge is 0.316 e. The lowest BCUT2D eigenvalue weighted by Gasteiger charge is -2.13. The summed E-state index contributed by atoms with van der Waals surface area (Å²) < 4.78 is 9.06. The number of hydrogen-bond donors (Lipinski definition) is 2. The molecule has 0 amide bonds. The van der Waals surface area contributed by atoms with Gasteiger partial charge in [-0.15, -0.1) is 0 Å². The standard InChI is InChI=1S/C6H2N8O2/c7-1-2(9-5-3(7)11-15-13-5)10-6-4(8-1)12-16-14-6/h(H,7,8,11,12)(H,9,10,13,14). The quantitative estimate of drug-likeness (QED) is 0.422. The third-order valence-corrected chi connectivity index (χ3v) is 2.08. The van der Waals surface area contributed by atoms with Crippen LogP contribution in [0.4, 0.5) is 23.3 Å². The summed E-state index contributed by atoms with van der Waals surface area (Å²) in [6, 6.07) is 0. The van der Waals surface area contributed by atoms with E-state index >= 15 is 0 Å². The van der Waals surface area contributed by atoms with Crippen LogP contribution in [0.5, 0.6) is 0 Å². The molecule has 78 valence electrons. The van der Waals surface area contributed by atoms with Gasteiger partial charge >= 0.3 is 0 Å². The molecule has 0 aromatic carbocycles. The average Bonchev–Trinajstić information content (AvgIpc) is 2.89. The van der Waals surface area contributed by atoms with Crippen molar-refractivity contribution < 1.29 is 9.26 Å². The minimum absolute atomic E-state index is 0.313. The number of aromatic nitrogens is 6. The number of anilines is 4. The van der Waals surface area contributed by atoms with Crippen molar-refractivity contribution >= 4 is 34.6 Å². The van der Waals surface area contributed by atoms with E-state index < -0.39 is 0 Å². The van der Waals surface area contributed by atoms with Crippen LogP contribution >= 0.6 is 0 Å². The molecule has 0 bridgehead atoms. The summed E-state index contributed by atoms with van der Waals surface area (Å²) in [5.74, 6) is 1.81. The molecule has 0 saturated heterocycles. The number of nitrogens with zero attached hydrogens (tertiary/aromatic N) is 6. The summed E-state index contributed by atoms with van der Waals surface area (Å²) in [6.07, 6.45) is 0. The van der Waals surface area contributed by atoms with E-state index in [1.807, 2.05) is 0 Å². The first-order valence-corrected chi connectivity index (χ1v) is 4.27. The highest BCUT2D eigenvalue weighted by molar-refractivity contribution is 5.85. The van der Waals surface area contributed by atoms with Crippen LogP contribution in [-0.4, -0.2) is 30.6 Å². The zero-order chi connectivity index (χ0) is 10.5. The summed E-state index contributed by atoms with van der Waals surface area (Å²) in [4.78, 5) is 8.28. The molecule has 4 heterocycles. The Morgan fingerprint density at radius 1 is 0.625 bits per heavy atom. The van der Waals surface area contributed by atoms with Crippen LogP contribution in [0.2, 0.25) is 0 Å². The Balaban J connectivity index is 1.96. The first-order chi connectivity index (χ1) is 7.90. The third kappa shape index (κ3) is 0.846. The predicted molar refractivity (Wildman–Crippen MR) is 48.3 cm³/mol. The monoisotopic (exact) mass is 218 g/mol. The molecule has 0 atom stereocenters. The normalized spacial score (nSPS) is 12.8. The molecular weight excluding hydrogens is 216 g/mol. The molecular formula is C6H2N8O2. The van der Waals surface area contributed by atoms with Gasteiger partial charge in [-0.25, -0.2) is 19.2 Å². The van der Waals surface area contributed by atoms with Crippen LogP contribution in [0, 0.1) is 0 Å². The van der Waals surface area contributed by atoms with E-state index in [0.29, 0.717) is 34.6 Å². The van der Waals surface area contributed by atoms with Gasteiger partial charge in [-0.05, 0) is 20.6 Å². The highest BCUT2D eigenvalue weighted by Gasteiger charge is 2.23.